The first kappa shape index (κ1) is 9.79. The number of nitrogens with one attached hydrogen (secondary N) is 1. The Kier molecular flexibility index (Phi) is 2.19. The molecule has 0 aliphatic carbocycles. The zero-order chi connectivity index (χ0) is 10.3. The Morgan fingerprint density at radius 1 is 1.43 bits per heavy atom. The van der Waals surface area contributed by atoms with E-state index >= 15 is 0 Å². The molecule has 0 aromatic carbocycles. The van der Waals surface area contributed by atoms with Gasteiger partial charge >= 0.3 is 6.18 Å². The number of aromatic nitrogens is 2. The highest BCUT2D eigenvalue weighted by Gasteiger charge is 2.39. The van der Waals surface area contributed by atoms with Crippen molar-refractivity contribution in [2.45, 2.75) is 19.3 Å². The van der Waals surface area contributed by atoms with Crippen LogP contribution in [0.3, 0.4) is 0 Å². The van der Waals surface area contributed by atoms with Crippen LogP contribution in [0.5, 0.6) is 0 Å². The third kappa shape index (κ3) is 1.48. The van der Waals surface area contributed by atoms with Gasteiger partial charge in [0.15, 0.2) is 5.69 Å². The molecule has 3 nitrogen and oxygen atoms in total. The Bertz CT molecular complexity index is 358. The largest absolute Gasteiger partial charge is 0.435 e. The molecule has 0 atom stereocenters. The van der Waals surface area contributed by atoms with Gasteiger partial charge in [-0.15, -0.1) is 0 Å². The van der Waals surface area contributed by atoms with Crippen LogP contribution in [0.15, 0.2) is 0 Å². The highest BCUT2D eigenvalue weighted by Crippen LogP contribution is 2.33. The molecule has 0 saturated heterocycles. The second-order valence-corrected chi connectivity index (χ2v) is 3.34. The van der Waals surface area contributed by atoms with Gasteiger partial charge in [0, 0.05) is 19.6 Å². The molecule has 2 rings (SSSR count). The topological polar surface area (TPSA) is 29.9 Å². The Balaban J connectivity index is 2.52. The number of halogens is 4. The van der Waals surface area contributed by atoms with E-state index in [9.17, 15) is 13.2 Å². The van der Waals surface area contributed by atoms with E-state index in [2.05, 4.69) is 10.3 Å². The first-order valence-corrected chi connectivity index (χ1v) is 4.41. The maximum Gasteiger partial charge on any atom is 0.435 e. The summed E-state index contributed by atoms with van der Waals surface area (Å²) < 4.78 is 38.7. The van der Waals surface area contributed by atoms with E-state index < -0.39 is 11.9 Å². The number of fused-ring (bicyclic) bond motifs is 1. The molecule has 0 spiro atoms. The summed E-state index contributed by atoms with van der Waals surface area (Å²) in [5.74, 6) is 0. The minimum absolute atomic E-state index is 0.0891. The summed E-state index contributed by atoms with van der Waals surface area (Å²) in [4.78, 5) is 3.33. The molecule has 7 heteroatoms. The summed E-state index contributed by atoms with van der Waals surface area (Å²) in [7, 11) is 0. The van der Waals surface area contributed by atoms with Gasteiger partial charge < -0.3 is 9.88 Å². The van der Waals surface area contributed by atoms with E-state index in [1.54, 1.807) is 0 Å². The lowest BCUT2D eigenvalue weighted by Gasteiger charge is -2.17. The van der Waals surface area contributed by atoms with E-state index in [4.69, 9.17) is 11.6 Å². The van der Waals surface area contributed by atoms with Crippen LogP contribution in [0.2, 0.25) is 5.28 Å². The van der Waals surface area contributed by atoms with Gasteiger partial charge in [-0.1, -0.05) is 0 Å². The van der Waals surface area contributed by atoms with Crippen molar-refractivity contribution in [3.05, 3.63) is 16.7 Å². The van der Waals surface area contributed by atoms with Crippen LogP contribution >= 0.6 is 11.6 Å². The second kappa shape index (κ2) is 3.13. The predicted octanol–water partition coefficient (Wildman–Crippen LogP) is 1.66. The van der Waals surface area contributed by atoms with Gasteiger partial charge in [-0.05, 0) is 11.6 Å². The summed E-state index contributed by atoms with van der Waals surface area (Å²) in [6, 6.07) is 0. The molecule has 0 saturated carbocycles. The highest BCUT2D eigenvalue weighted by atomic mass is 35.5. The third-order valence-electron chi connectivity index (χ3n) is 2.10. The average Bonchev–Trinajstić information content (AvgIpc) is 2.44. The van der Waals surface area contributed by atoms with E-state index in [0.29, 0.717) is 13.1 Å². The minimum Gasteiger partial charge on any atom is -0.316 e. The van der Waals surface area contributed by atoms with Gasteiger partial charge in [-0.25, -0.2) is 4.98 Å². The van der Waals surface area contributed by atoms with Crippen LogP contribution in [0, 0.1) is 0 Å². The number of hydrogen-bond donors (Lipinski definition) is 1. The maximum absolute atomic E-state index is 12.4. The van der Waals surface area contributed by atoms with Crippen LogP contribution in [-0.2, 0) is 19.3 Å². The summed E-state index contributed by atoms with van der Waals surface area (Å²) >= 11 is 5.59. The Hall–Kier alpha value is -0.750. The molecule has 1 aromatic rings. The van der Waals surface area contributed by atoms with Crippen molar-refractivity contribution in [1.29, 1.82) is 0 Å². The van der Waals surface area contributed by atoms with Gasteiger partial charge in [-0.3, -0.25) is 0 Å². The molecule has 14 heavy (non-hydrogen) atoms. The smallest absolute Gasteiger partial charge is 0.316 e. The lowest BCUT2D eigenvalue weighted by Crippen LogP contribution is -2.29. The number of alkyl halides is 3. The number of rotatable bonds is 0. The van der Waals surface area contributed by atoms with E-state index in [-0.39, 0.29) is 17.5 Å². The van der Waals surface area contributed by atoms with Crippen molar-refractivity contribution in [1.82, 2.24) is 14.9 Å². The van der Waals surface area contributed by atoms with E-state index in [1.807, 2.05) is 0 Å². The van der Waals surface area contributed by atoms with Gasteiger partial charge in [0.2, 0.25) is 5.28 Å². The molecule has 2 heterocycles. The molecule has 78 valence electrons. The van der Waals surface area contributed by atoms with Crippen molar-refractivity contribution < 1.29 is 13.2 Å². The first-order valence-electron chi connectivity index (χ1n) is 4.03. The van der Waals surface area contributed by atoms with Crippen molar-refractivity contribution in [2.24, 2.45) is 0 Å². The summed E-state index contributed by atoms with van der Waals surface area (Å²) in [5, 5.41) is 2.76. The van der Waals surface area contributed by atoms with E-state index in [1.165, 1.54) is 4.57 Å². The number of hydrogen-bond acceptors (Lipinski definition) is 2. The summed E-state index contributed by atoms with van der Waals surface area (Å²) in [5.41, 5.74) is -0.761. The fourth-order valence-corrected chi connectivity index (χ4v) is 1.76. The molecule has 1 N–H and O–H groups in total. The monoisotopic (exact) mass is 225 g/mol. The Morgan fingerprint density at radius 3 is 2.79 bits per heavy atom. The lowest BCUT2D eigenvalue weighted by atomic mass is 10.2. The van der Waals surface area contributed by atoms with Gasteiger partial charge in [-0.2, -0.15) is 13.2 Å². The SMILES string of the molecule is FC(F)(F)c1nc(Cl)n2c1CNCC2. The number of imidazole rings is 1. The Morgan fingerprint density at radius 2 is 2.14 bits per heavy atom. The van der Waals surface area contributed by atoms with Crippen LogP contribution < -0.4 is 5.32 Å². The molecule has 1 aliphatic rings. The standard InChI is InChI=1S/C7H7ClF3N3/c8-6-13-5(7(9,10)11)4-3-12-1-2-14(4)6/h12H,1-3H2. The molecule has 1 aromatic heterocycles. The fourth-order valence-electron chi connectivity index (χ4n) is 1.49. The van der Waals surface area contributed by atoms with Crippen LogP contribution in [-0.4, -0.2) is 16.1 Å². The van der Waals surface area contributed by atoms with Gasteiger partial charge in [0.1, 0.15) is 0 Å². The van der Waals surface area contributed by atoms with E-state index in [0.717, 1.165) is 0 Å². The summed E-state index contributed by atoms with van der Waals surface area (Å²) in [6.45, 7) is 1.20. The molecular weight excluding hydrogens is 219 g/mol. The summed E-state index contributed by atoms with van der Waals surface area (Å²) in [6.07, 6.45) is -4.43. The molecule has 0 amide bonds. The quantitative estimate of drug-likeness (QED) is 0.728. The highest BCUT2D eigenvalue weighted by molar-refractivity contribution is 6.28. The van der Waals surface area contributed by atoms with Crippen LogP contribution in [0.25, 0.3) is 0 Å². The normalized spacial score (nSPS) is 16.9. The zero-order valence-electron chi connectivity index (χ0n) is 7.03. The maximum atomic E-state index is 12.4. The molecule has 0 radical (unpaired) electrons. The predicted molar refractivity (Wildman–Crippen MR) is 43.9 cm³/mol. The molecular formula is C7H7ClF3N3. The third-order valence-corrected chi connectivity index (χ3v) is 2.39. The van der Waals surface area contributed by atoms with Crippen LogP contribution in [0.1, 0.15) is 11.4 Å². The Labute approximate surface area is 82.9 Å². The molecule has 0 bridgehead atoms. The van der Waals surface area contributed by atoms with Crippen molar-refractivity contribution in [3.8, 4) is 0 Å². The van der Waals surface area contributed by atoms with Gasteiger partial charge in [0.05, 0.1) is 5.69 Å². The van der Waals surface area contributed by atoms with Crippen molar-refractivity contribution in [2.75, 3.05) is 6.54 Å². The van der Waals surface area contributed by atoms with Crippen molar-refractivity contribution in [3.63, 3.8) is 0 Å². The van der Waals surface area contributed by atoms with Gasteiger partial charge in [0.25, 0.3) is 0 Å². The minimum atomic E-state index is -4.43. The zero-order valence-corrected chi connectivity index (χ0v) is 7.78. The second-order valence-electron chi connectivity index (χ2n) is 3.00. The first-order chi connectivity index (χ1) is 6.50. The molecule has 0 unspecified atom stereocenters. The average molecular weight is 226 g/mol. The van der Waals surface area contributed by atoms with Crippen LogP contribution in [0.4, 0.5) is 13.2 Å². The lowest BCUT2D eigenvalue weighted by molar-refractivity contribution is -0.141. The molecule has 0 fully saturated rings. The van der Waals surface area contributed by atoms with Crippen molar-refractivity contribution >= 4 is 11.6 Å². The fraction of sp³-hybridized carbons (Fsp3) is 0.571. The molecule has 1 aliphatic heterocycles. The number of nitrogens with zero attached hydrogens (tertiary/aromatic N) is 2.